The van der Waals surface area contributed by atoms with Crippen LogP contribution in [0.15, 0.2) is 41.1 Å². The van der Waals surface area contributed by atoms with Crippen molar-refractivity contribution in [3.63, 3.8) is 0 Å². The van der Waals surface area contributed by atoms with Crippen molar-refractivity contribution in [3.8, 4) is 0 Å². The number of nitrogens with zero attached hydrogens (tertiary/aromatic N) is 2. The summed E-state index contributed by atoms with van der Waals surface area (Å²) in [5, 5.41) is 12.6. The van der Waals surface area contributed by atoms with Gasteiger partial charge in [0.1, 0.15) is 6.26 Å². The number of hydrogen-bond acceptors (Lipinski definition) is 4. The lowest BCUT2D eigenvalue weighted by Crippen LogP contribution is -2.30. The minimum absolute atomic E-state index is 0.000388. The van der Waals surface area contributed by atoms with Crippen LogP contribution in [-0.2, 0) is 4.79 Å². The second kappa shape index (κ2) is 4.80. The Hall–Kier alpha value is -2.63. The summed E-state index contributed by atoms with van der Waals surface area (Å²) < 4.78 is 4.68. The molecule has 0 saturated carbocycles. The van der Waals surface area contributed by atoms with Gasteiger partial charge in [0.2, 0.25) is 0 Å². The fourth-order valence-electron chi connectivity index (χ4n) is 2.53. The van der Waals surface area contributed by atoms with Crippen molar-refractivity contribution in [1.82, 2.24) is 5.16 Å². The Labute approximate surface area is 114 Å². The summed E-state index contributed by atoms with van der Waals surface area (Å²) in [5.74, 6) is -1.35. The van der Waals surface area contributed by atoms with Gasteiger partial charge in [-0.1, -0.05) is 23.4 Å². The molecule has 6 heteroatoms. The highest BCUT2D eigenvalue weighted by Crippen LogP contribution is 2.38. The van der Waals surface area contributed by atoms with Crippen LogP contribution in [0, 0.1) is 0 Å². The highest BCUT2D eigenvalue weighted by atomic mass is 16.5. The fourth-order valence-corrected chi connectivity index (χ4v) is 2.53. The number of anilines is 1. The Morgan fingerprint density at radius 1 is 1.35 bits per heavy atom. The smallest absolute Gasteiger partial charge is 0.304 e. The van der Waals surface area contributed by atoms with Crippen LogP contribution < -0.4 is 4.90 Å². The molecule has 1 N–H and O–H groups in total. The van der Waals surface area contributed by atoms with Gasteiger partial charge in [-0.25, -0.2) is 0 Å². The van der Waals surface area contributed by atoms with E-state index in [0.717, 1.165) is 11.3 Å². The van der Waals surface area contributed by atoms with Gasteiger partial charge >= 0.3 is 5.97 Å². The molecule has 0 radical (unpaired) electrons. The Morgan fingerprint density at radius 3 is 2.85 bits per heavy atom. The van der Waals surface area contributed by atoms with E-state index in [1.165, 1.54) is 12.3 Å². The number of amides is 1. The number of benzene rings is 1. The first kappa shape index (κ1) is 12.4. The third-order valence-electron chi connectivity index (χ3n) is 3.39. The maximum absolute atomic E-state index is 12.4. The molecule has 0 bridgehead atoms. The number of para-hydroxylation sites is 1. The average molecular weight is 272 g/mol. The predicted octanol–water partition coefficient (Wildman–Crippen LogP) is 1.89. The summed E-state index contributed by atoms with van der Waals surface area (Å²) in [4.78, 5) is 24.9. The molecule has 2 heterocycles. The summed E-state index contributed by atoms with van der Waals surface area (Å²) in [5.41, 5.74) is 1.84. The van der Waals surface area contributed by atoms with E-state index in [4.69, 9.17) is 5.11 Å². The van der Waals surface area contributed by atoms with Crippen molar-refractivity contribution >= 4 is 17.6 Å². The van der Waals surface area contributed by atoms with Crippen molar-refractivity contribution in [2.24, 2.45) is 0 Å². The molecule has 0 fully saturated rings. The van der Waals surface area contributed by atoms with E-state index in [9.17, 15) is 9.59 Å². The average Bonchev–Trinajstić information content (AvgIpc) is 3.06. The van der Waals surface area contributed by atoms with Gasteiger partial charge in [-0.3, -0.25) is 9.59 Å². The van der Waals surface area contributed by atoms with E-state index in [-0.39, 0.29) is 23.9 Å². The second-order valence-electron chi connectivity index (χ2n) is 4.65. The number of carbonyl (C=O) groups is 2. The van der Waals surface area contributed by atoms with Gasteiger partial charge < -0.3 is 14.5 Å². The first-order chi connectivity index (χ1) is 9.66. The largest absolute Gasteiger partial charge is 0.481 e. The molecule has 1 aromatic carbocycles. The van der Waals surface area contributed by atoms with Crippen LogP contribution in [0.2, 0.25) is 0 Å². The first-order valence-electron chi connectivity index (χ1n) is 6.20. The van der Waals surface area contributed by atoms with E-state index in [1.54, 1.807) is 4.90 Å². The molecule has 1 aliphatic heterocycles. The Balaban J connectivity index is 1.94. The second-order valence-corrected chi connectivity index (χ2v) is 4.65. The minimum Gasteiger partial charge on any atom is -0.481 e. The molecule has 0 saturated heterocycles. The van der Waals surface area contributed by atoms with E-state index in [0.29, 0.717) is 6.54 Å². The molecular formula is C14H12N2O4. The monoisotopic (exact) mass is 272 g/mol. The third kappa shape index (κ3) is 2.05. The molecule has 3 rings (SSSR count). The fraction of sp³-hybridized carbons (Fsp3) is 0.214. The van der Waals surface area contributed by atoms with Crippen LogP contribution in [0.1, 0.15) is 28.4 Å². The quantitative estimate of drug-likeness (QED) is 0.922. The molecule has 1 aliphatic rings. The predicted molar refractivity (Wildman–Crippen MR) is 69.6 cm³/mol. The summed E-state index contributed by atoms with van der Waals surface area (Å²) >= 11 is 0. The van der Waals surface area contributed by atoms with Crippen molar-refractivity contribution in [2.45, 2.75) is 12.3 Å². The van der Waals surface area contributed by atoms with Crippen molar-refractivity contribution in [3.05, 3.63) is 47.9 Å². The maximum atomic E-state index is 12.4. The zero-order valence-corrected chi connectivity index (χ0v) is 10.5. The Morgan fingerprint density at radius 2 is 2.15 bits per heavy atom. The summed E-state index contributed by atoms with van der Waals surface area (Å²) in [6.07, 6.45) is 1.34. The molecule has 0 spiro atoms. The lowest BCUT2D eigenvalue weighted by atomic mass is 9.98. The molecule has 1 aromatic heterocycles. The van der Waals surface area contributed by atoms with Crippen molar-refractivity contribution in [1.29, 1.82) is 0 Å². The number of rotatable bonds is 3. The molecule has 2 aromatic rings. The molecule has 1 unspecified atom stereocenters. The van der Waals surface area contributed by atoms with Crippen LogP contribution in [0.3, 0.4) is 0 Å². The SMILES string of the molecule is O=C(O)CC1CN(C(=O)c2ccon2)c2ccccc21. The molecule has 102 valence electrons. The van der Waals surface area contributed by atoms with Gasteiger partial charge in [-0.2, -0.15) is 0 Å². The Bertz CT molecular complexity index is 651. The zero-order chi connectivity index (χ0) is 14.1. The summed E-state index contributed by atoms with van der Waals surface area (Å²) in [6, 6.07) is 8.84. The van der Waals surface area contributed by atoms with Crippen LogP contribution >= 0.6 is 0 Å². The van der Waals surface area contributed by atoms with E-state index < -0.39 is 5.97 Å². The summed E-state index contributed by atoms with van der Waals surface area (Å²) in [6.45, 7) is 0.345. The summed E-state index contributed by atoms with van der Waals surface area (Å²) in [7, 11) is 0. The number of hydrogen-bond donors (Lipinski definition) is 1. The van der Waals surface area contributed by atoms with E-state index >= 15 is 0 Å². The molecular weight excluding hydrogens is 260 g/mol. The van der Waals surface area contributed by atoms with Crippen molar-refractivity contribution in [2.75, 3.05) is 11.4 Å². The highest BCUT2D eigenvalue weighted by Gasteiger charge is 2.34. The molecule has 6 nitrogen and oxygen atoms in total. The lowest BCUT2D eigenvalue weighted by Gasteiger charge is -2.15. The standard InChI is InChI=1S/C14H12N2O4/c17-13(18)7-9-8-16(12-4-2-1-3-10(9)12)14(19)11-5-6-20-15-11/h1-6,9H,7-8H2,(H,17,18). The van der Waals surface area contributed by atoms with Crippen LogP contribution in [-0.4, -0.2) is 28.7 Å². The van der Waals surface area contributed by atoms with Crippen molar-refractivity contribution < 1.29 is 19.2 Å². The highest BCUT2D eigenvalue weighted by molar-refractivity contribution is 6.06. The normalized spacial score (nSPS) is 17.0. The number of aliphatic carboxylic acids is 1. The number of fused-ring (bicyclic) bond motifs is 1. The molecule has 1 amide bonds. The van der Waals surface area contributed by atoms with E-state index in [1.807, 2.05) is 24.3 Å². The van der Waals surface area contributed by atoms with Gasteiger partial charge in [0.15, 0.2) is 5.69 Å². The topological polar surface area (TPSA) is 83.6 Å². The molecule has 1 atom stereocenters. The Kier molecular flexibility index (Phi) is 2.98. The lowest BCUT2D eigenvalue weighted by molar-refractivity contribution is -0.137. The van der Waals surface area contributed by atoms with Gasteiger partial charge in [-0.05, 0) is 11.6 Å². The molecule has 0 aliphatic carbocycles. The maximum Gasteiger partial charge on any atom is 0.304 e. The number of aromatic nitrogens is 1. The van der Waals surface area contributed by atoms with E-state index in [2.05, 4.69) is 9.68 Å². The number of carbonyl (C=O) groups excluding carboxylic acids is 1. The van der Waals surface area contributed by atoms with Gasteiger partial charge in [0.25, 0.3) is 5.91 Å². The zero-order valence-electron chi connectivity index (χ0n) is 10.5. The van der Waals surface area contributed by atoms with Crippen LogP contribution in [0.5, 0.6) is 0 Å². The minimum atomic E-state index is -0.875. The van der Waals surface area contributed by atoms with Gasteiger partial charge in [0.05, 0.1) is 6.42 Å². The van der Waals surface area contributed by atoms with Crippen LogP contribution in [0.25, 0.3) is 0 Å². The van der Waals surface area contributed by atoms with Gasteiger partial charge in [0, 0.05) is 24.2 Å². The third-order valence-corrected chi connectivity index (χ3v) is 3.39. The number of carboxylic acids is 1. The van der Waals surface area contributed by atoms with Crippen LogP contribution in [0.4, 0.5) is 5.69 Å². The first-order valence-corrected chi connectivity index (χ1v) is 6.20. The number of carboxylic acid groups (broad SMARTS) is 1. The van der Waals surface area contributed by atoms with Gasteiger partial charge in [-0.15, -0.1) is 0 Å². The molecule has 20 heavy (non-hydrogen) atoms.